The molecule has 1 fully saturated rings. The third kappa shape index (κ3) is 1.57. The standard InChI is InChI=1S/C10H12FNO/c11-8-3-1-2-7(6-8)9(12)10(13)4-5-10/h1-3,6,9,13H,4-5,12H2. The van der Waals surface area contributed by atoms with E-state index in [-0.39, 0.29) is 5.82 Å². The van der Waals surface area contributed by atoms with Crippen LogP contribution in [0, 0.1) is 5.82 Å². The molecule has 0 aliphatic heterocycles. The molecule has 70 valence electrons. The maximum Gasteiger partial charge on any atom is 0.123 e. The van der Waals surface area contributed by atoms with Gasteiger partial charge in [0.15, 0.2) is 0 Å². The van der Waals surface area contributed by atoms with E-state index in [0.29, 0.717) is 18.4 Å². The smallest absolute Gasteiger partial charge is 0.123 e. The molecule has 0 aromatic heterocycles. The third-order valence-electron chi connectivity index (χ3n) is 2.55. The maximum absolute atomic E-state index is 12.8. The monoisotopic (exact) mass is 181 g/mol. The lowest BCUT2D eigenvalue weighted by atomic mass is 10.0. The van der Waals surface area contributed by atoms with Crippen molar-refractivity contribution in [2.24, 2.45) is 5.73 Å². The van der Waals surface area contributed by atoms with Gasteiger partial charge in [-0.1, -0.05) is 12.1 Å². The first-order chi connectivity index (χ1) is 6.12. The number of halogens is 1. The number of rotatable bonds is 2. The van der Waals surface area contributed by atoms with E-state index in [2.05, 4.69) is 0 Å². The molecule has 1 saturated carbocycles. The average molecular weight is 181 g/mol. The van der Waals surface area contributed by atoms with Crippen molar-refractivity contribution in [3.05, 3.63) is 35.6 Å². The van der Waals surface area contributed by atoms with Gasteiger partial charge in [0.25, 0.3) is 0 Å². The predicted molar refractivity (Wildman–Crippen MR) is 47.5 cm³/mol. The van der Waals surface area contributed by atoms with Gasteiger partial charge in [-0.2, -0.15) is 0 Å². The van der Waals surface area contributed by atoms with Crippen LogP contribution in [0.15, 0.2) is 24.3 Å². The van der Waals surface area contributed by atoms with Crippen LogP contribution < -0.4 is 5.73 Å². The molecule has 3 N–H and O–H groups in total. The first-order valence-electron chi connectivity index (χ1n) is 4.35. The maximum atomic E-state index is 12.8. The van der Waals surface area contributed by atoms with Crippen LogP contribution in [0.4, 0.5) is 4.39 Å². The molecule has 13 heavy (non-hydrogen) atoms. The van der Waals surface area contributed by atoms with Crippen molar-refractivity contribution in [2.45, 2.75) is 24.5 Å². The number of hydrogen-bond donors (Lipinski definition) is 2. The highest BCUT2D eigenvalue weighted by molar-refractivity contribution is 5.25. The minimum absolute atomic E-state index is 0.308. The van der Waals surface area contributed by atoms with E-state index in [1.54, 1.807) is 12.1 Å². The molecule has 1 aromatic rings. The average Bonchev–Trinajstić information content (AvgIpc) is 2.84. The Hall–Kier alpha value is -0.930. The van der Waals surface area contributed by atoms with Gasteiger partial charge in [0.2, 0.25) is 0 Å². The van der Waals surface area contributed by atoms with Gasteiger partial charge in [0.05, 0.1) is 11.6 Å². The third-order valence-corrected chi connectivity index (χ3v) is 2.55. The molecule has 0 heterocycles. The van der Waals surface area contributed by atoms with Crippen molar-refractivity contribution >= 4 is 0 Å². The van der Waals surface area contributed by atoms with Crippen LogP contribution in [0.1, 0.15) is 24.4 Å². The highest BCUT2D eigenvalue weighted by Crippen LogP contribution is 2.44. The van der Waals surface area contributed by atoms with Gasteiger partial charge in [-0.05, 0) is 30.5 Å². The summed E-state index contributed by atoms with van der Waals surface area (Å²) in [6.07, 6.45) is 1.43. The Morgan fingerprint density at radius 2 is 2.15 bits per heavy atom. The van der Waals surface area contributed by atoms with E-state index in [4.69, 9.17) is 5.73 Å². The van der Waals surface area contributed by atoms with E-state index in [9.17, 15) is 9.50 Å². The Kier molecular flexibility index (Phi) is 1.86. The van der Waals surface area contributed by atoms with Gasteiger partial charge in [-0.15, -0.1) is 0 Å². The minimum atomic E-state index is -0.784. The summed E-state index contributed by atoms with van der Waals surface area (Å²) in [4.78, 5) is 0. The first-order valence-corrected chi connectivity index (χ1v) is 4.35. The molecule has 0 spiro atoms. The zero-order chi connectivity index (χ0) is 9.47. The number of aliphatic hydroxyl groups is 1. The molecule has 1 aliphatic carbocycles. The van der Waals surface area contributed by atoms with Crippen molar-refractivity contribution in [1.29, 1.82) is 0 Å². The minimum Gasteiger partial charge on any atom is -0.388 e. The molecular weight excluding hydrogens is 169 g/mol. The molecule has 1 aromatic carbocycles. The lowest BCUT2D eigenvalue weighted by Gasteiger charge is -2.17. The Labute approximate surface area is 76.2 Å². The molecule has 0 radical (unpaired) electrons. The van der Waals surface area contributed by atoms with Crippen LogP contribution in [0.2, 0.25) is 0 Å². The van der Waals surface area contributed by atoms with Crippen LogP contribution in [0.3, 0.4) is 0 Å². The van der Waals surface area contributed by atoms with E-state index < -0.39 is 11.6 Å². The van der Waals surface area contributed by atoms with E-state index in [0.717, 1.165) is 0 Å². The largest absolute Gasteiger partial charge is 0.388 e. The predicted octanol–water partition coefficient (Wildman–Crippen LogP) is 1.35. The molecule has 1 atom stereocenters. The molecule has 1 unspecified atom stereocenters. The zero-order valence-corrected chi connectivity index (χ0v) is 7.20. The Bertz CT molecular complexity index is 322. The summed E-state index contributed by atoms with van der Waals surface area (Å²) in [5.74, 6) is -0.308. The molecule has 0 saturated heterocycles. The number of nitrogens with two attached hydrogens (primary N) is 1. The summed E-state index contributed by atoms with van der Waals surface area (Å²) in [5, 5.41) is 9.69. The highest BCUT2D eigenvalue weighted by atomic mass is 19.1. The fourth-order valence-corrected chi connectivity index (χ4v) is 1.45. The Morgan fingerprint density at radius 1 is 1.46 bits per heavy atom. The van der Waals surface area contributed by atoms with Crippen LogP contribution >= 0.6 is 0 Å². The van der Waals surface area contributed by atoms with Crippen LogP contribution in [-0.2, 0) is 0 Å². The van der Waals surface area contributed by atoms with Gasteiger partial charge in [-0.25, -0.2) is 4.39 Å². The Balaban J connectivity index is 2.25. The molecule has 3 heteroatoms. The van der Waals surface area contributed by atoms with Gasteiger partial charge >= 0.3 is 0 Å². The fourth-order valence-electron chi connectivity index (χ4n) is 1.45. The summed E-state index contributed by atoms with van der Waals surface area (Å²) >= 11 is 0. The summed E-state index contributed by atoms with van der Waals surface area (Å²) < 4.78 is 12.8. The summed E-state index contributed by atoms with van der Waals surface area (Å²) in [6, 6.07) is 5.64. The lowest BCUT2D eigenvalue weighted by molar-refractivity contribution is 0.119. The molecule has 2 nitrogen and oxygen atoms in total. The summed E-state index contributed by atoms with van der Waals surface area (Å²) in [6.45, 7) is 0. The van der Waals surface area contributed by atoms with Gasteiger partial charge in [-0.3, -0.25) is 0 Å². The fraction of sp³-hybridized carbons (Fsp3) is 0.400. The molecule has 0 bridgehead atoms. The molecule has 0 amide bonds. The van der Waals surface area contributed by atoms with Crippen LogP contribution in [-0.4, -0.2) is 10.7 Å². The van der Waals surface area contributed by atoms with Gasteiger partial charge in [0.1, 0.15) is 5.82 Å². The highest BCUT2D eigenvalue weighted by Gasteiger charge is 2.46. The van der Waals surface area contributed by atoms with Gasteiger partial charge in [0, 0.05) is 0 Å². The summed E-state index contributed by atoms with van der Waals surface area (Å²) in [7, 11) is 0. The van der Waals surface area contributed by atoms with Crippen molar-refractivity contribution < 1.29 is 9.50 Å². The second-order valence-corrected chi connectivity index (χ2v) is 3.64. The Morgan fingerprint density at radius 3 is 2.69 bits per heavy atom. The van der Waals surface area contributed by atoms with E-state index in [1.807, 2.05) is 0 Å². The van der Waals surface area contributed by atoms with Crippen molar-refractivity contribution in [3.63, 3.8) is 0 Å². The molecule has 2 rings (SSSR count). The van der Waals surface area contributed by atoms with Crippen molar-refractivity contribution in [1.82, 2.24) is 0 Å². The molecular formula is C10H12FNO. The zero-order valence-electron chi connectivity index (χ0n) is 7.20. The van der Waals surface area contributed by atoms with E-state index >= 15 is 0 Å². The summed E-state index contributed by atoms with van der Waals surface area (Å²) in [5.41, 5.74) is 5.67. The second kappa shape index (κ2) is 2.79. The van der Waals surface area contributed by atoms with E-state index in [1.165, 1.54) is 12.1 Å². The van der Waals surface area contributed by atoms with Crippen LogP contribution in [0.25, 0.3) is 0 Å². The molecule has 1 aliphatic rings. The SMILES string of the molecule is NC(c1cccc(F)c1)C1(O)CC1. The first kappa shape index (κ1) is 8.66. The van der Waals surface area contributed by atoms with Crippen molar-refractivity contribution in [3.8, 4) is 0 Å². The quantitative estimate of drug-likeness (QED) is 0.723. The number of hydrogen-bond acceptors (Lipinski definition) is 2. The lowest BCUT2D eigenvalue weighted by Crippen LogP contribution is -2.27. The normalized spacial score (nSPS) is 21.2. The van der Waals surface area contributed by atoms with Crippen LogP contribution in [0.5, 0.6) is 0 Å². The topological polar surface area (TPSA) is 46.2 Å². The van der Waals surface area contributed by atoms with Gasteiger partial charge < -0.3 is 10.8 Å². The second-order valence-electron chi connectivity index (χ2n) is 3.64. The van der Waals surface area contributed by atoms with Crippen molar-refractivity contribution in [2.75, 3.05) is 0 Å². The number of benzene rings is 1.